The standard InChI is InChI=1S/C13H22BrN3O/c1-3-11-13(14)12(17(4-2)16-11)7-10(15)9-5-6-18-8-9/h9-10H,3-8,15H2,1-2H3. The molecule has 1 aromatic heterocycles. The van der Waals surface area contributed by atoms with Gasteiger partial charge in [-0.25, -0.2) is 0 Å². The number of rotatable bonds is 5. The predicted molar refractivity (Wildman–Crippen MR) is 75.6 cm³/mol. The molecule has 0 aromatic carbocycles. The molecule has 0 aliphatic carbocycles. The summed E-state index contributed by atoms with van der Waals surface area (Å²) in [5, 5.41) is 4.61. The summed E-state index contributed by atoms with van der Waals surface area (Å²) in [5.41, 5.74) is 8.67. The third-order valence-electron chi connectivity index (χ3n) is 3.69. The van der Waals surface area contributed by atoms with E-state index in [0.717, 1.165) is 49.2 Å². The number of aromatic nitrogens is 2. The fourth-order valence-electron chi connectivity index (χ4n) is 2.49. The van der Waals surface area contributed by atoms with E-state index in [1.54, 1.807) is 0 Å². The van der Waals surface area contributed by atoms with Crippen LogP contribution in [0.5, 0.6) is 0 Å². The molecule has 2 rings (SSSR count). The minimum atomic E-state index is 0.163. The maximum Gasteiger partial charge on any atom is 0.0766 e. The van der Waals surface area contributed by atoms with Crippen molar-refractivity contribution in [2.75, 3.05) is 13.2 Å². The fraction of sp³-hybridized carbons (Fsp3) is 0.769. The molecular weight excluding hydrogens is 294 g/mol. The van der Waals surface area contributed by atoms with E-state index in [4.69, 9.17) is 10.5 Å². The lowest BCUT2D eigenvalue weighted by atomic mass is 9.95. The van der Waals surface area contributed by atoms with E-state index in [-0.39, 0.29) is 6.04 Å². The topological polar surface area (TPSA) is 53.1 Å². The molecule has 0 spiro atoms. The van der Waals surface area contributed by atoms with Gasteiger partial charge in [0.1, 0.15) is 0 Å². The molecule has 2 heterocycles. The monoisotopic (exact) mass is 315 g/mol. The minimum absolute atomic E-state index is 0.163. The van der Waals surface area contributed by atoms with Crippen LogP contribution in [0.3, 0.4) is 0 Å². The molecule has 1 aliphatic rings. The molecule has 5 heteroatoms. The van der Waals surface area contributed by atoms with Gasteiger partial charge in [0.25, 0.3) is 0 Å². The lowest BCUT2D eigenvalue weighted by molar-refractivity contribution is 0.180. The van der Waals surface area contributed by atoms with Gasteiger partial charge in [-0.15, -0.1) is 0 Å². The summed E-state index contributed by atoms with van der Waals surface area (Å²) in [7, 11) is 0. The van der Waals surface area contributed by atoms with Gasteiger partial charge in [-0.1, -0.05) is 6.92 Å². The quantitative estimate of drug-likeness (QED) is 0.905. The van der Waals surface area contributed by atoms with E-state index in [0.29, 0.717) is 5.92 Å². The Morgan fingerprint density at radius 1 is 1.56 bits per heavy atom. The Hall–Kier alpha value is -0.390. The Morgan fingerprint density at radius 3 is 2.89 bits per heavy atom. The summed E-state index contributed by atoms with van der Waals surface area (Å²) >= 11 is 3.67. The average Bonchev–Trinajstić information content (AvgIpc) is 2.99. The highest BCUT2D eigenvalue weighted by Gasteiger charge is 2.25. The van der Waals surface area contributed by atoms with Crippen molar-refractivity contribution in [3.8, 4) is 0 Å². The first-order valence-corrected chi connectivity index (χ1v) is 7.54. The summed E-state index contributed by atoms with van der Waals surface area (Å²) in [4.78, 5) is 0. The van der Waals surface area contributed by atoms with Crippen molar-refractivity contribution in [3.05, 3.63) is 15.9 Å². The van der Waals surface area contributed by atoms with Crippen molar-refractivity contribution in [2.24, 2.45) is 11.7 Å². The molecule has 18 heavy (non-hydrogen) atoms. The van der Waals surface area contributed by atoms with Crippen LogP contribution in [0.4, 0.5) is 0 Å². The number of nitrogens with zero attached hydrogens (tertiary/aromatic N) is 2. The molecule has 2 atom stereocenters. The van der Waals surface area contributed by atoms with Gasteiger partial charge in [0.05, 0.1) is 22.5 Å². The van der Waals surface area contributed by atoms with Gasteiger partial charge in [0, 0.05) is 25.6 Å². The third-order valence-corrected chi connectivity index (χ3v) is 4.61. The Morgan fingerprint density at radius 2 is 2.33 bits per heavy atom. The van der Waals surface area contributed by atoms with Crippen LogP contribution in [0.15, 0.2) is 4.47 Å². The van der Waals surface area contributed by atoms with Crippen LogP contribution in [0.2, 0.25) is 0 Å². The van der Waals surface area contributed by atoms with E-state index in [9.17, 15) is 0 Å². The highest BCUT2D eigenvalue weighted by molar-refractivity contribution is 9.10. The van der Waals surface area contributed by atoms with E-state index < -0.39 is 0 Å². The maximum atomic E-state index is 6.31. The first-order valence-electron chi connectivity index (χ1n) is 6.74. The molecule has 1 fully saturated rings. The zero-order valence-corrected chi connectivity index (χ0v) is 12.7. The van der Waals surface area contributed by atoms with Crippen LogP contribution in [-0.4, -0.2) is 29.0 Å². The van der Waals surface area contributed by atoms with Crippen molar-refractivity contribution in [2.45, 2.75) is 45.7 Å². The van der Waals surface area contributed by atoms with Gasteiger partial charge in [-0.3, -0.25) is 4.68 Å². The molecule has 1 aromatic rings. The second kappa shape index (κ2) is 6.17. The van der Waals surface area contributed by atoms with E-state index in [1.807, 2.05) is 0 Å². The molecule has 1 aliphatic heterocycles. The average molecular weight is 316 g/mol. The van der Waals surface area contributed by atoms with Crippen molar-refractivity contribution in [1.29, 1.82) is 0 Å². The molecule has 0 radical (unpaired) electrons. The second-order valence-electron chi connectivity index (χ2n) is 4.87. The highest BCUT2D eigenvalue weighted by Crippen LogP contribution is 2.26. The first-order chi connectivity index (χ1) is 8.67. The van der Waals surface area contributed by atoms with Crippen LogP contribution >= 0.6 is 15.9 Å². The molecule has 0 amide bonds. The van der Waals surface area contributed by atoms with Crippen molar-refractivity contribution >= 4 is 15.9 Å². The van der Waals surface area contributed by atoms with Gasteiger partial charge in [-0.05, 0) is 41.6 Å². The van der Waals surface area contributed by atoms with Crippen LogP contribution in [-0.2, 0) is 24.1 Å². The van der Waals surface area contributed by atoms with Gasteiger partial charge >= 0.3 is 0 Å². The Balaban J connectivity index is 2.14. The molecule has 0 bridgehead atoms. The Bertz CT molecular complexity index is 399. The Kier molecular flexibility index (Phi) is 4.81. The normalized spacial score (nSPS) is 21.4. The summed E-state index contributed by atoms with van der Waals surface area (Å²) in [6.45, 7) is 6.79. The zero-order chi connectivity index (χ0) is 13.1. The van der Waals surface area contributed by atoms with Crippen LogP contribution in [0.1, 0.15) is 31.7 Å². The molecular formula is C13H22BrN3O. The smallest absolute Gasteiger partial charge is 0.0766 e. The molecule has 102 valence electrons. The fourth-order valence-corrected chi connectivity index (χ4v) is 3.22. The van der Waals surface area contributed by atoms with E-state index >= 15 is 0 Å². The highest BCUT2D eigenvalue weighted by atomic mass is 79.9. The van der Waals surface area contributed by atoms with Gasteiger partial charge < -0.3 is 10.5 Å². The number of nitrogens with two attached hydrogens (primary N) is 1. The van der Waals surface area contributed by atoms with Crippen molar-refractivity contribution in [3.63, 3.8) is 0 Å². The van der Waals surface area contributed by atoms with Crippen molar-refractivity contribution < 1.29 is 4.74 Å². The Labute approximate surface area is 117 Å². The summed E-state index contributed by atoms with van der Waals surface area (Å²) in [6, 6.07) is 0.163. The maximum absolute atomic E-state index is 6.31. The molecule has 0 saturated carbocycles. The summed E-state index contributed by atoms with van der Waals surface area (Å²) in [6.07, 6.45) is 2.90. The number of ether oxygens (including phenoxy) is 1. The van der Waals surface area contributed by atoms with Crippen LogP contribution in [0, 0.1) is 5.92 Å². The van der Waals surface area contributed by atoms with E-state index in [2.05, 4.69) is 39.6 Å². The van der Waals surface area contributed by atoms with Gasteiger partial charge in [-0.2, -0.15) is 5.10 Å². The summed E-state index contributed by atoms with van der Waals surface area (Å²) < 4.78 is 8.62. The van der Waals surface area contributed by atoms with Crippen LogP contribution in [0.25, 0.3) is 0 Å². The number of halogens is 1. The van der Waals surface area contributed by atoms with Crippen molar-refractivity contribution in [1.82, 2.24) is 9.78 Å². The molecule has 4 nitrogen and oxygen atoms in total. The second-order valence-corrected chi connectivity index (χ2v) is 5.66. The number of hydrogen-bond donors (Lipinski definition) is 1. The summed E-state index contributed by atoms with van der Waals surface area (Å²) in [5.74, 6) is 0.488. The number of aryl methyl sites for hydroxylation is 2. The molecule has 2 unspecified atom stereocenters. The lowest BCUT2D eigenvalue weighted by Gasteiger charge is -2.18. The molecule has 1 saturated heterocycles. The first kappa shape index (κ1) is 14.0. The van der Waals surface area contributed by atoms with E-state index in [1.165, 1.54) is 5.69 Å². The van der Waals surface area contributed by atoms with Crippen LogP contribution < -0.4 is 5.73 Å². The van der Waals surface area contributed by atoms with Gasteiger partial charge in [0.15, 0.2) is 0 Å². The third kappa shape index (κ3) is 2.78. The number of hydrogen-bond acceptors (Lipinski definition) is 3. The lowest BCUT2D eigenvalue weighted by Crippen LogP contribution is -2.33. The zero-order valence-electron chi connectivity index (χ0n) is 11.2. The van der Waals surface area contributed by atoms with Gasteiger partial charge in [0.2, 0.25) is 0 Å². The minimum Gasteiger partial charge on any atom is -0.381 e. The largest absolute Gasteiger partial charge is 0.381 e. The predicted octanol–water partition coefficient (Wildman–Crippen LogP) is 2.13. The molecule has 2 N–H and O–H groups in total. The SMILES string of the molecule is CCc1nn(CC)c(CC(N)C2CCOC2)c1Br.